The van der Waals surface area contributed by atoms with Gasteiger partial charge in [-0.3, -0.25) is 4.79 Å². The molecule has 7 heteroatoms. The number of aliphatic hydroxyl groups is 1. The predicted octanol–water partition coefficient (Wildman–Crippen LogP) is 8.89. The zero-order valence-corrected chi connectivity index (χ0v) is 31.0. The molecule has 0 bridgehead atoms. The van der Waals surface area contributed by atoms with Gasteiger partial charge in [0, 0.05) is 11.5 Å². The fraction of sp³-hybridized carbons (Fsp3) is 0.579. The normalized spacial score (nSPS) is 17.3. The van der Waals surface area contributed by atoms with Crippen molar-refractivity contribution >= 4 is 20.2 Å². The first-order valence-corrected chi connectivity index (χ1v) is 19.3. The Kier molecular flexibility index (Phi) is 13.4. The molecule has 45 heavy (non-hydrogen) atoms. The Bertz CT molecular complexity index is 1280. The van der Waals surface area contributed by atoms with Gasteiger partial charge in [-0.05, 0) is 73.5 Å². The molecule has 0 spiro atoms. The molecular formula is C38H59NO5Si. The van der Waals surface area contributed by atoms with Crippen LogP contribution in [-0.4, -0.2) is 43.6 Å². The Morgan fingerprint density at radius 3 is 1.87 bits per heavy atom. The topological polar surface area (TPSA) is 84.9 Å². The van der Waals surface area contributed by atoms with Crippen molar-refractivity contribution in [1.82, 2.24) is 5.32 Å². The minimum Gasteiger partial charge on any atom is -0.456 e. The molecule has 2 N–H and O–H groups in total. The van der Waals surface area contributed by atoms with E-state index in [0.717, 1.165) is 23.1 Å². The molecule has 0 aliphatic rings. The first kappa shape index (κ1) is 38.4. The van der Waals surface area contributed by atoms with Crippen LogP contribution in [0, 0.1) is 17.3 Å². The van der Waals surface area contributed by atoms with E-state index < -0.39 is 38.6 Å². The van der Waals surface area contributed by atoms with Crippen molar-refractivity contribution in [3.05, 3.63) is 82.9 Å². The number of aliphatic hydroxyl groups excluding tert-OH is 1. The van der Waals surface area contributed by atoms with Crippen LogP contribution in [0.1, 0.15) is 105 Å². The van der Waals surface area contributed by atoms with E-state index in [1.165, 1.54) is 0 Å². The van der Waals surface area contributed by atoms with E-state index in [4.69, 9.17) is 9.16 Å². The molecule has 1 unspecified atom stereocenters. The van der Waals surface area contributed by atoms with Gasteiger partial charge in [-0.25, -0.2) is 4.79 Å². The summed E-state index contributed by atoms with van der Waals surface area (Å²) in [5.74, 6) is -0.619. The number of benzene rings is 2. The van der Waals surface area contributed by atoms with E-state index in [9.17, 15) is 14.7 Å². The molecule has 6 atom stereocenters. The summed E-state index contributed by atoms with van der Waals surface area (Å²) in [7, 11) is -2.52. The summed E-state index contributed by atoms with van der Waals surface area (Å²) in [6.07, 6.45) is -1.23. The number of hydrogen-bond acceptors (Lipinski definition) is 5. The molecule has 6 nitrogen and oxygen atoms in total. The second kappa shape index (κ2) is 15.7. The van der Waals surface area contributed by atoms with Crippen molar-refractivity contribution in [3.8, 4) is 0 Å². The Morgan fingerprint density at radius 2 is 1.38 bits per heavy atom. The summed E-state index contributed by atoms with van der Waals surface area (Å²) in [5, 5.41) is 14.3. The Morgan fingerprint density at radius 1 is 0.867 bits per heavy atom. The molecule has 1 amide bonds. The molecule has 0 heterocycles. The number of esters is 1. The van der Waals surface area contributed by atoms with Crippen LogP contribution in [-0.2, 0) is 14.0 Å². The van der Waals surface area contributed by atoms with Crippen LogP contribution in [0.5, 0.6) is 0 Å². The van der Waals surface area contributed by atoms with E-state index in [1.54, 1.807) is 12.1 Å². The zero-order valence-electron chi connectivity index (χ0n) is 30.0. The number of ether oxygens (including phenoxy) is 1. The van der Waals surface area contributed by atoms with Crippen LogP contribution in [0.4, 0.5) is 0 Å². The van der Waals surface area contributed by atoms with Gasteiger partial charge in [0.05, 0.1) is 12.1 Å². The van der Waals surface area contributed by atoms with Crippen LogP contribution in [0.2, 0.25) is 18.1 Å². The average molecular weight is 638 g/mol. The van der Waals surface area contributed by atoms with Gasteiger partial charge in [0.1, 0.15) is 6.10 Å². The number of carbonyl (C=O) groups excluding carboxylic acids is 2. The number of hydrogen-bond donors (Lipinski definition) is 2. The third kappa shape index (κ3) is 9.63. The smallest absolute Gasteiger partial charge is 0.337 e. The highest BCUT2D eigenvalue weighted by atomic mass is 28.4. The quantitative estimate of drug-likeness (QED) is 0.123. The Labute approximate surface area is 274 Å². The number of amides is 1. The lowest BCUT2D eigenvalue weighted by molar-refractivity contribution is -0.157. The van der Waals surface area contributed by atoms with Crippen molar-refractivity contribution in [3.63, 3.8) is 0 Å². The number of carbonyl (C=O) groups is 2. The molecule has 250 valence electrons. The van der Waals surface area contributed by atoms with Gasteiger partial charge in [-0.15, -0.1) is 0 Å². The minimum absolute atomic E-state index is 0.128. The van der Waals surface area contributed by atoms with Crippen molar-refractivity contribution < 1.29 is 23.9 Å². The highest BCUT2D eigenvalue weighted by Gasteiger charge is 2.45. The van der Waals surface area contributed by atoms with Gasteiger partial charge in [0.25, 0.3) is 5.91 Å². The van der Waals surface area contributed by atoms with Crippen LogP contribution >= 0.6 is 0 Å². The zero-order chi connectivity index (χ0) is 34.3. The summed E-state index contributed by atoms with van der Waals surface area (Å²) < 4.78 is 13.0. The monoisotopic (exact) mass is 637 g/mol. The van der Waals surface area contributed by atoms with Gasteiger partial charge in [-0.1, -0.05) is 116 Å². The lowest BCUT2D eigenvalue weighted by Gasteiger charge is -2.41. The maximum Gasteiger partial charge on any atom is 0.337 e. The molecule has 0 aliphatic carbocycles. The molecule has 2 aromatic rings. The standard InChI is InChI=1S/C38H59NO5Si/c1-14-25(2)38(10,11)34(40)28(5)26(3)27(4)29(6)43-36(42)33(44-45(12,13)37(7,8)9)32(30-21-17-15-18-22-30)39-35(41)31-23-19-16-20-24-31/h15-25,28-29,32-34,40H,14H2,1-13H3,(H,39,41)/b27-26+/t25-,28-,29?,32-,33+,34-/m0/s1. The maximum absolute atomic E-state index is 14.3. The summed E-state index contributed by atoms with van der Waals surface area (Å²) in [6.45, 7) is 27.0. The highest BCUT2D eigenvalue weighted by Crippen LogP contribution is 2.40. The summed E-state index contributed by atoms with van der Waals surface area (Å²) in [6, 6.07) is 17.7. The average Bonchev–Trinajstić information content (AvgIpc) is 3.00. The van der Waals surface area contributed by atoms with Crippen LogP contribution < -0.4 is 5.32 Å². The predicted molar refractivity (Wildman–Crippen MR) is 187 cm³/mol. The molecule has 0 saturated heterocycles. The second-order valence-electron chi connectivity index (χ2n) is 14.8. The number of rotatable bonds is 14. The first-order valence-electron chi connectivity index (χ1n) is 16.4. The summed E-state index contributed by atoms with van der Waals surface area (Å²) in [5.41, 5.74) is 2.86. The lowest BCUT2D eigenvalue weighted by atomic mass is 9.69. The Balaban J connectivity index is 2.52. The van der Waals surface area contributed by atoms with E-state index in [1.807, 2.05) is 76.2 Å². The molecular weight excluding hydrogens is 579 g/mol. The Hall–Kier alpha value is -2.74. The molecule has 0 aliphatic heterocycles. The second-order valence-corrected chi connectivity index (χ2v) is 19.6. The molecule has 0 aromatic heterocycles. The fourth-order valence-electron chi connectivity index (χ4n) is 5.26. The molecule has 2 aromatic carbocycles. The van der Waals surface area contributed by atoms with Crippen molar-refractivity contribution in [1.29, 1.82) is 0 Å². The van der Waals surface area contributed by atoms with Gasteiger partial charge < -0.3 is 19.6 Å². The van der Waals surface area contributed by atoms with E-state index in [0.29, 0.717) is 11.5 Å². The van der Waals surface area contributed by atoms with Crippen LogP contribution in [0.25, 0.3) is 0 Å². The summed E-state index contributed by atoms with van der Waals surface area (Å²) >= 11 is 0. The first-order chi connectivity index (χ1) is 20.8. The van der Waals surface area contributed by atoms with Crippen molar-refractivity contribution in [2.75, 3.05) is 0 Å². The largest absolute Gasteiger partial charge is 0.456 e. The van der Waals surface area contributed by atoms with E-state index in [2.05, 4.69) is 66.9 Å². The number of nitrogens with one attached hydrogen (secondary N) is 1. The third-order valence-electron chi connectivity index (χ3n) is 10.6. The van der Waals surface area contributed by atoms with Crippen molar-refractivity contribution in [2.45, 2.75) is 125 Å². The SMILES string of the molecule is CC[C@H](C)C(C)(C)[C@@H](O)[C@@H](C)/C(C)=C(\C)C(C)OC(=O)[C@H](O[Si](C)(C)C(C)(C)C)[C@@H](NC(=O)c1ccccc1)c1ccccc1. The van der Waals surface area contributed by atoms with E-state index in [-0.39, 0.29) is 22.3 Å². The van der Waals surface area contributed by atoms with Crippen molar-refractivity contribution in [2.24, 2.45) is 17.3 Å². The van der Waals surface area contributed by atoms with Gasteiger partial charge in [-0.2, -0.15) is 0 Å². The summed E-state index contributed by atoms with van der Waals surface area (Å²) in [4.78, 5) is 27.7. The van der Waals surface area contributed by atoms with Gasteiger partial charge in [0.2, 0.25) is 0 Å². The minimum atomic E-state index is -2.52. The van der Waals surface area contributed by atoms with Gasteiger partial charge >= 0.3 is 5.97 Å². The molecule has 0 radical (unpaired) electrons. The molecule has 0 fully saturated rings. The fourth-order valence-corrected chi connectivity index (χ4v) is 6.48. The van der Waals surface area contributed by atoms with Crippen LogP contribution in [0.15, 0.2) is 71.8 Å². The highest BCUT2D eigenvalue weighted by molar-refractivity contribution is 6.74. The third-order valence-corrected chi connectivity index (χ3v) is 15.0. The maximum atomic E-state index is 14.3. The van der Waals surface area contributed by atoms with E-state index >= 15 is 0 Å². The molecule has 0 saturated carbocycles. The van der Waals surface area contributed by atoms with Crippen LogP contribution in [0.3, 0.4) is 0 Å². The molecule has 2 rings (SSSR count). The van der Waals surface area contributed by atoms with Gasteiger partial charge in [0.15, 0.2) is 14.4 Å². The lowest BCUT2D eigenvalue weighted by Crippen LogP contribution is -2.52.